The second-order valence-electron chi connectivity index (χ2n) is 7.25. The van der Waals surface area contributed by atoms with Gasteiger partial charge in [0.2, 0.25) is 5.91 Å². The van der Waals surface area contributed by atoms with Gasteiger partial charge in [0.15, 0.2) is 0 Å². The number of carbonyl (C=O) groups excluding carboxylic acids is 2. The molecule has 0 atom stereocenters. The molecule has 2 amide bonds. The highest BCUT2D eigenvalue weighted by atomic mass is 35.5. The zero-order valence-corrected chi connectivity index (χ0v) is 17.8. The number of amides is 2. The summed E-state index contributed by atoms with van der Waals surface area (Å²) in [5, 5.41) is 6.28. The van der Waals surface area contributed by atoms with Crippen LogP contribution in [0, 0.1) is 0 Å². The van der Waals surface area contributed by atoms with Gasteiger partial charge in [0.25, 0.3) is 5.91 Å². The van der Waals surface area contributed by atoms with Crippen molar-refractivity contribution in [3.05, 3.63) is 58.6 Å². The normalized spacial score (nSPS) is 14.0. The number of anilines is 2. The molecule has 0 aliphatic heterocycles. The SMILES string of the molecule is Cl.Nc1ccccc1CCC(=O)Nc1ccc(Cl)c(C(=O)NC2CCCCC2)c1. The van der Waals surface area contributed by atoms with E-state index in [2.05, 4.69) is 10.6 Å². The van der Waals surface area contributed by atoms with Crippen molar-refractivity contribution in [1.29, 1.82) is 0 Å². The number of para-hydroxylation sites is 1. The van der Waals surface area contributed by atoms with Gasteiger partial charge in [0.1, 0.15) is 0 Å². The lowest BCUT2D eigenvalue weighted by Gasteiger charge is -2.23. The van der Waals surface area contributed by atoms with Crippen LogP contribution in [0.2, 0.25) is 5.02 Å². The average molecular weight is 436 g/mol. The fraction of sp³-hybridized carbons (Fsp3) is 0.364. The van der Waals surface area contributed by atoms with Crippen LogP contribution in [0.25, 0.3) is 0 Å². The number of carbonyl (C=O) groups is 2. The van der Waals surface area contributed by atoms with E-state index in [4.69, 9.17) is 17.3 Å². The molecular weight excluding hydrogens is 409 g/mol. The predicted molar refractivity (Wildman–Crippen MR) is 121 cm³/mol. The molecule has 5 nitrogen and oxygen atoms in total. The summed E-state index contributed by atoms with van der Waals surface area (Å²) in [5.74, 6) is -0.325. The first kappa shape index (κ1) is 23.0. The Hall–Kier alpha value is -2.24. The standard InChI is InChI=1S/C22H26ClN3O2.ClH/c23-19-12-11-17(14-18(19)22(28)26-16-7-2-1-3-8-16)25-21(27)13-10-15-6-4-5-9-20(15)24;/h4-6,9,11-12,14,16H,1-3,7-8,10,13,24H2,(H,25,27)(H,26,28);1H. The molecule has 2 aromatic carbocycles. The Kier molecular flexibility index (Phi) is 8.80. The van der Waals surface area contributed by atoms with E-state index in [1.165, 1.54) is 6.42 Å². The number of nitrogens with one attached hydrogen (secondary N) is 2. The number of hydrogen-bond acceptors (Lipinski definition) is 3. The quantitative estimate of drug-likeness (QED) is 0.559. The summed E-state index contributed by atoms with van der Waals surface area (Å²) in [5.41, 5.74) is 8.49. The van der Waals surface area contributed by atoms with Gasteiger partial charge in [-0.1, -0.05) is 49.1 Å². The zero-order chi connectivity index (χ0) is 19.9. The van der Waals surface area contributed by atoms with Crippen molar-refractivity contribution >= 4 is 47.2 Å². The van der Waals surface area contributed by atoms with E-state index in [0.29, 0.717) is 34.8 Å². The molecule has 0 aromatic heterocycles. The first-order chi connectivity index (χ1) is 13.5. The minimum absolute atomic E-state index is 0. The lowest BCUT2D eigenvalue weighted by Crippen LogP contribution is -2.36. The molecule has 1 aliphatic carbocycles. The monoisotopic (exact) mass is 435 g/mol. The third-order valence-electron chi connectivity index (χ3n) is 5.11. The highest BCUT2D eigenvalue weighted by Gasteiger charge is 2.19. The molecule has 0 unspecified atom stereocenters. The third-order valence-corrected chi connectivity index (χ3v) is 5.44. The molecule has 3 rings (SSSR count). The van der Waals surface area contributed by atoms with E-state index in [0.717, 1.165) is 31.2 Å². The van der Waals surface area contributed by atoms with Crippen LogP contribution < -0.4 is 16.4 Å². The van der Waals surface area contributed by atoms with Gasteiger partial charge in [0, 0.05) is 23.8 Å². The fourth-order valence-corrected chi connectivity index (χ4v) is 3.72. The van der Waals surface area contributed by atoms with Crippen LogP contribution in [0.4, 0.5) is 11.4 Å². The maximum atomic E-state index is 12.6. The number of halogens is 2. The van der Waals surface area contributed by atoms with Crippen molar-refractivity contribution in [3.63, 3.8) is 0 Å². The van der Waals surface area contributed by atoms with Crippen molar-refractivity contribution in [2.45, 2.75) is 51.0 Å². The molecule has 0 radical (unpaired) electrons. The van der Waals surface area contributed by atoms with Gasteiger partial charge in [-0.25, -0.2) is 0 Å². The topological polar surface area (TPSA) is 84.2 Å². The molecule has 2 aromatic rings. The summed E-state index contributed by atoms with van der Waals surface area (Å²) in [6.45, 7) is 0. The summed E-state index contributed by atoms with van der Waals surface area (Å²) in [6.07, 6.45) is 6.37. The molecule has 0 bridgehead atoms. The number of nitrogens with two attached hydrogens (primary N) is 1. The van der Waals surface area contributed by atoms with E-state index >= 15 is 0 Å². The van der Waals surface area contributed by atoms with Crippen molar-refractivity contribution in [2.24, 2.45) is 0 Å². The molecule has 4 N–H and O–H groups in total. The van der Waals surface area contributed by atoms with Crippen molar-refractivity contribution in [2.75, 3.05) is 11.1 Å². The second kappa shape index (κ2) is 11.1. The second-order valence-corrected chi connectivity index (χ2v) is 7.66. The van der Waals surface area contributed by atoms with Crippen molar-refractivity contribution in [1.82, 2.24) is 5.32 Å². The van der Waals surface area contributed by atoms with Gasteiger partial charge in [-0.3, -0.25) is 9.59 Å². The van der Waals surface area contributed by atoms with Crippen LogP contribution in [0.5, 0.6) is 0 Å². The van der Waals surface area contributed by atoms with Crippen LogP contribution >= 0.6 is 24.0 Å². The minimum Gasteiger partial charge on any atom is -0.399 e. The largest absolute Gasteiger partial charge is 0.399 e. The molecule has 0 spiro atoms. The highest BCUT2D eigenvalue weighted by molar-refractivity contribution is 6.34. The molecule has 0 heterocycles. The summed E-state index contributed by atoms with van der Waals surface area (Å²) in [7, 11) is 0. The number of nitrogen functional groups attached to an aromatic ring is 1. The van der Waals surface area contributed by atoms with Crippen LogP contribution in [0.3, 0.4) is 0 Å². The predicted octanol–water partition coefficient (Wildman–Crippen LogP) is 4.98. The third kappa shape index (κ3) is 6.65. The summed E-state index contributed by atoms with van der Waals surface area (Å²) >= 11 is 6.22. The lowest BCUT2D eigenvalue weighted by atomic mass is 9.95. The molecule has 1 fully saturated rings. The van der Waals surface area contributed by atoms with E-state index in [9.17, 15) is 9.59 Å². The van der Waals surface area contributed by atoms with E-state index in [1.807, 2.05) is 24.3 Å². The minimum atomic E-state index is -0.190. The van der Waals surface area contributed by atoms with Gasteiger partial charge >= 0.3 is 0 Å². The average Bonchev–Trinajstić information content (AvgIpc) is 2.69. The molecule has 7 heteroatoms. The number of benzene rings is 2. The van der Waals surface area contributed by atoms with Gasteiger partial charge in [-0.05, 0) is 49.1 Å². The lowest BCUT2D eigenvalue weighted by molar-refractivity contribution is -0.116. The molecular formula is C22H27Cl2N3O2. The maximum Gasteiger partial charge on any atom is 0.253 e. The highest BCUT2D eigenvalue weighted by Crippen LogP contribution is 2.23. The molecule has 156 valence electrons. The zero-order valence-electron chi connectivity index (χ0n) is 16.2. The Balaban J connectivity index is 0.00000300. The Bertz CT molecular complexity index is 852. The summed E-state index contributed by atoms with van der Waals surface area (Å²) in [4.78, 5) is 24.9. The Morgan fingerprint density at radius 1 is 1.07 bits per heavy atom. The van der Waals surface area contributed by atoms with Gasteiger partial charge in [-0.2, -0.15) is 0 Å². The molecule has 1 aliphatic rings. The molecule has 0 saturated heterocycles. The first-order valence-electron chi connectivity index (χ1n) is 9.76. The fourth-order valence-electron chi connectivity index (χ4n) is 3.52. The van der Waals surface area contributed by atoms with Crippen molar-refractivity contribution in [3.8, 4) is 0 Å². The number of hydrogen-bond donors (Lipinski definition) is 3. The van der Waals surface area contributed by atoms with E-state index in [1.54, 1.807) is 18.2 Å². The van der Waals surface area contributed by atoms with Gasteiger partial charge in [-0.15, -0.1) is 12.4 Å². The molecule has 29 heavy (non-hydrogen) atoms. The molecule has 1 saturated carbocycles. The van der Waals surface area contributed by atoms with Crippen LogP contribution in [-0.4, -0.2) is 17.9 Å². The summed E-state index contributed by atoms with van der Waals surface area (Å²) < 4.78 is 0. The van der Waals surface area contributed by atoms with Gasteiger partial charge < -0.3 is 16.4 Å². The smallest absolute Gasteiger partial charge is 0.253 e. The first-order valence-corrected chi connectivity index (χ1v) is 10.1. The number of aryl methyl sites for hydroxylation is 1. The van der Waals surface area contributed by atoms with Crippen LogP contribution in [0.15, 0.2) is 42.5 Å². The van der Waals surface area contributed by atoms with E-state index in [-0.39, 0.29) is 30.3 Å². The Morgan fingerprint density at radius 2 is 1.79 bits per heavy atom. The number of rotatable bonds is 6. The van der Waals surface area contributed by atoms with Crippen molar-refractivity contribution < 1.29 is 9.59 Å². The maximum absolute atomic E-state index is 12.6. The Labute approximate surface area is 182 Å². The van der Waals surface area contributed by atoms with Gasteiger partial charge in [0.05, 0.1) is 10.6 Å². The van der Waals surface area contributed by atoms with Crippen LogP contribution in [0.1, 0.15) is 54.4 Å². The summed E-state index contributed by atoms with van der Waals surface area (Å²) in [6, 6.07) is 12.7. The Morgan fingerprint density at radius 3 is 2.52 bits per heavy atom. The van der Waals surface area contributed by atoms with E-state index < -0.39 is 0 Å². The van der Waals surface area contributed by atoms with Crippen LogP contribution in [-0.2, 0) is 11.2 Å².